The minimum Gasteiger partial charge on any atom is -0.495 e. The van der Waals surface area contributed by atoms with Crippen LogP contribution in [0.15, 0.2) is 30.9 Å². The minimum absolute atomic E-state index is 0.522. The van der Waals surface area contributed by atoms with Gasteiger partial charge in [0.1, 0.15) is 30.2 Å². The Morgan fingerprint density at radius 2 is 2.07 bits per heavy atom. The van der Waals surface area contributed by atoms with Crippen molar-refractivity contribution >= 4 is 0 Å². The van der Waals surface area contributed by atoms with Crippen molar-refractivity contribution in [1.29, 1.82) is 5.26 Å². The smallest absolute Gasteiger partial charge is 0.144 e. The van der Waals surface area contributed by atoms with E-state index in [0.717, 1.165) is 0 Å². The minimum atomic E-state index is 0.522. The first-order chi connectivity index (χ1) is 7.36. The first kappa shape index (κ1) is 9.21. The molecular weight excluding hydrogens is 192 g/mol. The molecule has 0 N–H and O–H groups in total. The third-order valence-electron chi connectivity index (χ3n) is 2.02. The monoisotopic (exact) mass is 200 g/mol. The molecule has 0 fully saturated rings. The fraction of sp³-hybridized carbons (Fsp3) is 0.100. The van der Waals surface area contributed by atoms with Gasteiger partial charge in [-0.15, -0.1) is 10.2 Å². The van der Waals surface area contributed by atoms with E-state index >= 15 is 0 Å². The number of nitrogens with zero attached hydrogens (tertiary/aromatic N) is 4. The molecule has 1 aromatic heterocycles. The SMILES string of the molecule is COc1cccc(C#N)c1-n1cnnc1. The molecule has 2 aromatic rings. The van der Waals surface area contributed by atoms with Gasteiger partial charge in [-0.3, -0.25) is 4.57 Å². The van der Waals surface area contributed by atoms with Crippen molar-refractivity contribution in [2.45, 2.75) is 0 Å². The van der Waals surface area contributed by atoms with Crippen molar-refractivity contribution in [3.05, 3.63) is 36.4 Å². The van der Waals surface area contributed by atoms with Crippen molar-refractivity contribution in [3.63, 3.8) is 0 Å². The predicted molar refractivity (Wildman–Crippen MR) is 52.6 cm³/mol. The Morgan fingerprint density at radius 3 is 2.67 bits per heavy atom. The van der Waals surface area contributed by atoms with Crippen LogP contribution >= 0.6 is 0 Å². The third kappa shape index (κ3) is 1.53. The maximum atomic E-state index is 8.98. The highest BCUT2D eigenvalue weighted by Gasteiger charge is 2.10. The van der Waals surface area contributed by atoms with Gasteiger partial charge in [-0.05, 0) is 12.1 Å². The molecule has 74 valence electrons. The number of hydrogen-bond donors (Lipinski definition) is 0. The molecule has 0 amide bonds. The fourth-order valence-electron chi connectivity index (χ4n) is 1.36. The van der Waals surface area contributed by atoms with Crippen molar-refractivity contribution < 1.29 is 4.74 Å². The Kier molecular flexibility index (Phi) is 2.33. The molecule has 1 heterocycles. The highest BCUT2D eigenvalue weighted by Crippen LogP contribution is 2.25. The van der Waals surface area contributed by atoms with Gasteiger partial charge in [-0.25, -0.2) is 0 Å². The zero-order chi connectivity index (χ0) is 10.7. The number of rotatable bonds is 2. The molecule has 5 nitrogen and oxygen atoms in total. The van der Waals surface area contributed by atoms with Gasteiger partial charge in [0.15, 0.2) is 0 Å². The molecule has 1 aromatic carbocycles. The summed E-state index contributed by atoms with van der Waals surface area (Å²) < 4.78 is 6.83. The lowest BCUT2D eigenvalue weighted by Crippen LogP contribution is -1.98. The third-order valence-corrected chi connectivity index (χ3v) is 2.02. The summed E-state index contributed by atoms with van der Waals surface area (Å²) in [6, 6.07) is 7.38. The van der Waals surface area contributed by atoms with E-state index < -0.39 is 0 Å². The van der Waals surface area contributed by atoms with Gasteiger partial charge in [0.25, 0.3) is 0 Å². The number of ether oxygens (including phenoxy) is 1. The van der Waals surface area contributed by atoms with Crippen molar-refractivity contribution in [2.75, 3.05) is 7.11 Å². The molecule has 0 radical (unpaired) electrons. The van der Waals surface area contributed by atoms with Crippen LogP contribution in [-0.4, -0.2) is 21.9 Å². The molecule has 2 rings (SSSR count). The molecule has 5 heteroatoms. The molecule has 0 bridgehead atoms. The Labute approximate surface area is 86.6 Å². The molecular formula is C10H8N4O. The molecule has 0 aliphatic carbocycles. The lowest BCUT2D eigenvalue weighted by Gasteiger charge is -2.09. The van der Waals surface area contributed by atoms with Crippen molar-refractivity contribution in [2.24, 2.45) is 0 Å². The Morgan fingerprint density at radius 1 is 1.33 bits per heavy atom. The summed E-state index contributed by atoms with van der Waals surface area (Å²) in [5.74, 6) is 0.619. The lowest BCUT2D eigenvalue weighted by molar-refractivity contribution is 0.412. The van der Waals surface area contributed by atoms with Gasteiger partial charge in [0.2, 0.25) is 0 Å². The number of methoxy groups -OCH3 is 1. The van der Waals surface area contributed by atoms with E-state index in [2.05, 4.69) is 16.3 Å². The topological polar surface area (TPSA) is 63.7 Å². The summed E-state index contributed by atoms with van der Waals surface area (Å²) in [5, 5.41) is 16.4. The molecule has 0 atom stereocenters. The van der Waals surface area contributed by atoms with Crippen LogP contribution in [0.3, 0.4) is 0 Å². The second kappa shape index (κ2) is 3.80. The summed E-state index contributed by atoms with van der Waals surface area (Å²) in [4.78, 5) is 0. The van der Waals surface area contributed by atoms with E-state index in [1.807, 2.05) is 0 Å². The first-order valence-corrected chi connectivity index (χ1v) is 4.29. The van der Waals surface area contributed by atoms with Crippen molar-refractivity contribution in [1.82, 2.24) is 14.8 Å². The number of hydrogen-bond acceptors (Lipinski definition) is 4. The van der Waals surface area contributed by atoms with Crippen LogP contribution in [0.5, 0.6) is 5.75 Å². The highest BCUT2D eigenvalue weighted by atomic mass is 16.5. The molecule has 0 unspecified atom stereocenters. The van der Waals surface area contributed by atoms with Gasteiger partial charge in [-0.1, -0.05) is 6.07 Å². The molecule has 0 spiro atoms. The maximum Gasteiger partial charge on any atom is 0.144 e. The molecule has 0 saturated heterocycles. The average molecular weight is 200 g/mol. The quantitative estimate of drug-likeness (QED) is 0.729. The molecule has 15 heavy (non-hydrogen) atoms. The summed E-state index contributed by atoms with van der Waals surface area (Å²) >= 11 is 0. The summed E-state index contributed by atoms with van der Waals surface area (Å²) in [6.07, 6.45) is 3.05. The average Bonchev–Trinajstić information content (AvgIpc) is 2.81. The van der Waals surface area contributed by atoms with Crippen LogP contribution in [0.1, 0.15) is 5.56 Å². The van der Waals surface area contributed by atoms with E-state index in [1.54, 1.807) is 29.9 Å². The normalized spacial score (nSPS) is 9.60. The largest absolute Gasteiger partial charge is 0.495 e. The number of nitriles is 1. The second-order valence-corrected chi connectivity index (χ2v) is 2.84. The summed E-state index contributed by atoms with van der Waals surface area (Å²) in [6.45, 7) is 0. The maximum absolute atomic E-state index is 8.98. The van der Waals surface area contributed by atoms with Crippen LogP contribution in [0.4, 0.5) is 0 Å². The molecule has 0 aliphatic heterocycles. The summed E-state index contributed by atoms with van der Waals surface area (Å²) in [7, 11) is 1.56. The second-order valence-electron chi connectivity index (χ2n) is 2.84. The van der Waals surface area contributed by atoms with E-state index in [1.165, 1.54) is 12.7 Å². The van der Waals surface area contributed by atoms with Gasteiger partial charge < -0.3 is 4.74 Å². The highest BCUT2D eigenvalue weighted by molar-refractivity contribution is 5.57. The molecule has 0 saturated carbocycles. The summed E-state index contributed by atoms with van der Waals surface area (Å²) in [5.41, 5.74) is 1.18. The van der Waals surface area contributed by atoms with Crippen LogP contribution in [-0.2, 0) is 0 Å². The van der Waals surface area contributed by atoms with Crippen LogP contribution in [0, 0.1) is 11.3 Å². The number of benzene rings is 1. The standard InChI is InChI=1S/C10H8N4O/c1-15-9-4-2-3-8(5-11)10(9)14-6-12-13-7-14/h2-4,6-7H,1H3. The Hall–Kier alpha value is -2.35. The van der Waals surface area contributed by atoms with Gasteiger partial charge in [0.05, 0.1) is 12.7 Å². The zero-order valence-electron chi connectivity index (χ0n) is 8.08. The van der Waals surface area contributed by atoms with Gasteiger partial charge >= 0.3 is 0 Å². The van der Waals surface area contributed by atoms with E-state index in [-0.39, 0.29) is 0 Å². The van der Waals surface area contributed by atoms with E-state index in [9.17, 15) is 0 Å². The van der Waals surface area contributed by atoms with Crippen molar-refractivity contribution in [3.8, 4) is 17.5 Å². The fourth-order valence-corrected chi connectivity index (χ4v) is 1.36. The van der Waals surface area contributed by atoms with Crippen LogP contribution in [0.2, 0.25) is 0 Å². The van der Waals surface area contributed by atoms with Crippen LogP contribution < -0.4 is 4.74 Å². The van der Waals surface area contributed by atoms with Gasteiger partial charge in [-0.2, -0.15) is 5.26 Å². The van der Waals surface area contributed by atoms with E-state index in [0.29, 0.717) is 17.0 Å². The number of aromatic nitrogens is 3. The predicted octanol–water partition coefficient (Wildman–Crippen LogP) is 1.15. The number of para-hydroxylation sites is 1. The first-order valence-electron chi connectivity index (χ1n) is 4.29. The van der Waals surface area contributed by atoms with E-state index in [4.69, 9.17) is 10.00 Å². The zero-order valence-corrected chi connectivity index (χ0v) is 8.08. The Bertz CT molecular complexity index is 499. The lowest BCUT2D eigenvalue weighted by atomic mass is 10.2. The van der Waals surface area contributed by atoms with Crippen LogP contribution in [0.25, 0.3) is 5.69 Å². The van der Waals surface area contributed by atoms with Gasteiger partial charge in [0, 0.05) is 0 Å². The molecule has 0 aliphatic rings. The Balaban J connectivity index is 2.67.